The Morgan fingerprint density at radius 1 is 0.889 bits per heavy atom. The molecule has 6 heteroatoms. The molecule has 0 bridgehead atoms. The largest absolute Gasteiger partial charge is 0.455 e. The number of pyridine rings is 1. The lowest BCUT2D eigenvalue weighted by atomic mass is 10.0. The van der Waals surface area contributed by atoms with E-state index in [0.29, 0.717) is 33.6 Å². The quantitative estimate of drug-likeness (QED) is 0.541. The summed E-state index contributed by atoms with van der Waals surface area (Å²) in [5, 5.41) is 0.467. The van der Waals surface area contributed by atoms with E-state index in [9.17, 15) is 13.2 Å². The fourth-order valence-corrected chi connectivity index (χ4v) is 3.57. The summed E-state index contributed by atoms with van der Waals surface area (Å²) in [7, 11) is -3.31. The van der Waals surface area contributed by atoms with Crippen LogP contribution >= 0.6 is 0 Å². The zero-order valence-electron chi connectivity index (χ0n) is 14.4. The summed E-state index contributed by atoms with van der Waals surface area (Å²) in [4.78, 5) is 17.7. The minimum Gasteiger partial charge on any atom is -0.455 e. The fourth-order valence-electron chi connectivity index (χ4n) is 2.94. The van der Waals surface area contributed by atoms with Crippen LogP contribution in [0.4, 0.5) is 0 Å². The van der Waals surface area contributed by atoms with Gasteiger partial charge in [0.05, 0.1) is 21.5 Å². The van der Waals surface area contributed by atoms with Crippen LogP contribution < -0.4 is 5.43 Å². The molecule has 0 unspecified atom stereocenters. The molecule has 0 saturated heterocycles. The molecular weight excluding hydrogens is 362 g/mol. The third-order valence-electron chi connectivity index (χ3n) is 4.26. The summed E-state index contributed by atoms with van der Waals surface area (Å²) in [6.45, 7) is 0. The zero-order valence-corrected chi connectivity index (χ0v) is 15.2. The molecule has 0 atom stereocenters. The summed E-state index contributed by atoms with van der Waals surface area (Å²) in [5.41, 5.74) is 1.73. The molecule has 0 amide bonds. The van der Waals surface area contributed by atoms with Crippen LogP contribution in [0.3, 0.4) is 0 Å². The van der Waals surface area contributed by atoms with Crippen molar-refractivity contribution in [1.29, 1.82) is 0 Å². The van der Waals surface area contributed by atoms with E-state index >= 15 is 0 Å². The van der Waals surface area contributed by atoms with Crippen LogP contribution in [0.5, 0.6) is 0 Å². The van der Waals surface area contributed by atoms with Gasteiger partial charge in [-0.3, -0.25) is 9.78 Å². The minimum atomic E-state index is -3.31. The molecule has 2 heterocycles. The smallest absolute Gasteiger partial charge is 0.202 e. The number of aromatic nitrogens is 1. The second-order valence-electron chi connectivity index (χ2n) is 6.14. The molecule has 4 rings (SSSR count). The first-order valence-electron chi connectivity index (χ1n) is 8.23. The monoisotopic (exact) mass is 377 g/mol. The Morgan fingerprint density at radius 2 is 1.59 bits per heavy atom. The van der Waals surface area contributed by atoms with Gasteiger partial charge in [-0.2, -0.15) is 0 Å². The molecule has 0 saturated carbocycles. The lowest BCUT2D eigenvalue weighted by Crippen LogP contribution is -2.08. The third kappa shape index (κ3) is 3.15. The Labute approximate surface area is 155 Å². The molecule has 0 N–H and O–H groups in total. The van der Waals surface area contributed by atoms with Crippen LogP contribution in [0, 0.1) is 0 Å². The molecule has 5 nitrogen and oxygen atoms in total. The standard InChI is InChI=1S/C21H15NO4S/c1-27(24,25)15-11-9-14(10-12-15)21-19(17-7-4-5-13-22-17)20(23)16-6-2-3-8-18(16)26-21/h2-13H,1H3. The summed E-state index contributed by atoms with van der Waals surface area (Å²) in [6.07, 6.45) is 2.76. The molecule has 0 aliphatic heterocycles. The van der Waals surface area contributed by atoms with Crippen molar-refractivity contribution in [2.24, 2.45) is 0 Å². The SMILES string of the molecule is CS(=O)(=O)c1ccc(-c2oc3ccccc3c(=O)c2-c2ccccn2)cc1. The second-order valence-corrected chi connectivity index (χ2v) is 8.16. The van der Waals surface area contributed by atoms with Gasteiger partial charge >= 0.3 is 0 Å². The highest BCUT2D eigenvalue weighted by Crippen LogP contribution is 2.32. The number of rotatable bonds is 3. The lowest BCUT2D eigenvalue weighted by molar-refractivity contribution is 0.601. The predicted molar refractivity (Wildman–Crippen MR) is 104 cm³/mol. The number of fused-ring (bicyclic) bond motifs is 1. The van der Waals surface area contributed by atoms with Crippen LogP contribution in [0.15, 0.2) is 87.0 Å². The normalized spacial score (nSPS) is 11.6. The first-order valence-corrected chi connectivity index (χ1v) is 10.1. The molecule has 2 aromatic heterocycles. The number of para-hydroxylation sites is 1. The van der Waals surface area contributed by atoms with E-state index < -0.39 is 9.84 Å². The van der Waals surface area contributed by atoms with Crippen molar-refractivity contribution in [1.82, 2.24) is 4.98 Å². The van der Waals surface area contributed by atoms with E-state index in [-0.39, 0.29) is 10.3 Å². The average Bonchev–Trinajstić information content (AvgIpc) is 2.68. The Bertz CT molecular complexity index is 1290. The summed E-state index contributed by atoms with van der Waals surface area (Å²) < 4.78 is 29.5. The third-order valence-corrected chi connectivity index (χ3v) is 5.39. The minimum absolute atomic E-state index is 0.183. The van der Waals surface area contributed by atoms with Gasteiger partial charge in [0.2, 0.25) is 5.43 Å². The van der Waals surface area contributed by atoms with Crippen molar-refractivity contribution < 1.29 is 12.8 Å². The maximum Gasteiger partial charge on any atom is 0.202 e. The molecule has 2 aromatic carbocycles. The molecule has 0 fully saturated rings. The Hall–Kier alpha value is -3.25. The fraction of sp³-hybridized carbons (Fsp3) is 0.0476. The maximum atomic E-state index is 13.2. The van der Waals surface area contributed by atoms with Crippen LogP contribution in [0.1, 0.15) is 0 Å². The number of nitrogens with zero attached hydrogens (tertiary/aromatic N) is 1. The van der Waals surface area contributed by atoms with Gasteiger partial charge in [-0.05, 0) is 48.5 Å². The zero-order chi connectivity index (χ0) is 19.0. The highest BCUT2D eigenvalue weighted by molar-refractivity contribution is 7.90. The van der Waals surface area contributed by atoms with Gasteiger partial charge < -0.3 is 4.42 Å². The number of hydrogen-bond acceptors (Lipinski definition) is 5. The Morgan fingerprint density at radius 3 is 2.26 bits per heavy atom. The van der Waals surface area contributed by atoms with Crippen LogP contribution in [-0.4, -0.2) is 19.7 Å². The van der Waals surface area contributed by atoms with Gasteiger partial charge in [0, 0.05) is 18.0 Å². The van der Waals surface area contributed by atoms with Crippen molar-refractivity contribution in [3.8, 4) is 22.6 Å². The Balaban J connectivity index is 2.03. The van der Waals surface area contributed by atoms with Crippen molar-refractivity contribution in [3.63, 3.8) is 0 Å². The number of hydrogen-bond donors (Lipinski definition) is 0. The van der Waals surface area contributed by atoms with E-state index in [1.165, 1.54) is 12.1 Å². The summed E-state index contributed by atoms with van der Waals surface area (Å²) in [5.74, 6) is 0.359. The second kappa shape index (κ2) is 6.48. The molecule has 134 valence electrons. The average molecular weight is 377 g/mol. The molecular formula is C21H15NO4S. The molecule has 0 aliphatic carbocycles. The predicted octanol–water partition coefficient (Wildman–Crippen LogP) is 3.93. The summed E-state index contributed by atoms with van der Waals surface area (Å²) in [6, 6.07) is 18.6. The van der Waals surface area contributed by atoms with E-state index in [1.807, 2.05) is 0 Å². The van der Waals surface area contributed by atoms with Crippen molar-refractivity contribution >= 4 is 20.8 Å². The van der Waals surface area contributed by atoms with Gasteiger partial charge in [0.15, 0.2) is 9.84 Å². The highest BCUT2D eigenvalue weighted by Gasteiger charge is 2.19. The Kier molecular flexibility index (Phi) is 4.12. The summed E-state index contributed by atoms with van der Waals surface area (Å²) >= 11 is 0. The molecule has 0 spiro atoms. The first kappa shape index (κ1) is 17.2. The first-order chi connectivity index (χ1) is 12.9. The van der Waals surface area contributed by atoms with Crippen molar-refractivity contribution in [3.05, 3.63) is 83.2 Å². The van der Waals surface area contributed by atoms with Crippen LogP contribution in [0.2, 0.25) is 0 Å². The topological polar surface area (TPSA) is 77.2 Å². The molecule has 4 aromatic rings. The number of benzene rings is 2. The van der Waals surface area contributed by atoms with E-state index in [0.717, 1.165) is 6.26 Å². The van der Waals surface area contributed by atoms with Gasteiger partial charge in [0.1, 0.15) is 11.3 Å². The van der Waals surface area contributed by atoms with Gasteiger partial charge in [-0.1, -0.05) is 18.2 Å². The van der Waals surface area contributed by atoms with Crippen molar-refractivity contribution in [2.45, 2.75) is 4.90 Å². The van der Waals surface area contributed by atoms with E-state index in [2.05, 4.69) is 4.98 Å². The van der Waals surface area contributed by atoms with Gasteiger partial charge in [0.25, 0.3) is 0 Å². The van der Waals surface area contributed by atoms with Crippen molar-refractivity contribution in [2.75, 3.05) is 6.26 Å². The molecule has 0 radical (unpaired) electrons. The van der Waals surface area contributed by atoms with Crippen LogP contribution in [0.25, 0.3) is 33.6 Å². The van der Waals surface area contributed by atoms with E-state index in [4.69, 9.17) is 4.42 Å². The van der Waals surface area contributed by atoms with E-state index in [1.54, 1.807) is 60.8 Å². The number of sulfone groups is 1. The van der Waals surface area contributed by atoms with Gasteiger partial charge in [-0.25, -0.2) is 8.42 Å². The maximum absolute atomic E-state index is 13.2. The lowest BCUT2D eigenvalue weighted by Gasteiger charge is -2.10. The highest BCUT2D eigenvalue weighted by atomic mass is 32.2. The molecule has 27 heavy (non-hydrogen) atoms. The van der Waals surface area contributed by atoms with Crippen LogP contribution in [-0.2, 0) is 9.84 Å². The molecule has 0 aliphatic rings. The van der Waals surface area contributed by atoms with Gasteiger partial charge in [-0.15, -0.1) is 0 Å².